The number of aryl methyl sites for hydroxylation is 1. The van der Waals surface area contributed by atoms with Gasteiger partial charge in [0, 0.05) is 18.3 Å². The zero-order valence-corrected chi connectivity index (χ0v) is 16.0. The Kier molecular flexibility index (Phi) is 5.82. The Bertz CT molecular complexity index is 1010. The van der Waals surface area contributed by atoms with Gasteiger partial charge in [-0.1, -0.05) is 12.1 Å². The Balaban J connectivity index is 1.40. The summed E-state index contributed by atoms with van der Waals surface area (Å²) in [5.74, 6) is 0.718. The maximum Gasteiger partial charge on any atom is 0.387 e. The SMILES string of the molecule is O=C(NCc1cccnc1-n1cncn1)NC1CCCc2cc(OC(F)F)ccc21. The Labute approximate surface area is 171 Å². The molecule has 0 bridgehead atoms. The highest BCUT2D eigenvalue weighted by atomic mass is 19.3. The van der Waals surface area contributed by atoms with Crippen molar-refractivity contribution in [3.05, 3.63) is 65.9 Å². The number of alkyl halides is 2. The van der Waals surface area contributed by atoms with Crippen molar-refractivity contribution < 1.29 is 18.3 Å². The van der Waals surface area contributed by atoms with E-state index in [2.05, 4.69) is 30.4 Å². The molecule has 3 aromatic rings. The summed E-state index contributed by atoms with van der Waals surface area (Å²) in [6.45, 7) is -2.60. The molecule has 0 spiro atoms. The van der Waals surface area contributed by atoms with E-state index in [0.717, 1.165) is 36.0 Å². The van der Waals surface area contributed by atoms with Crippen LogP contribution in [0.1, 0.15) is 35.6 Å². The van der Waals surface area contributed by atoms with Gasteiger partial charge >= 0.3 is 12.6 Å². The highest BCUT2D eigenvalue weighted by molar-refractivity contribution is 5.74. The van der Waals surface area contributed by atoms with Gasteiger partial charge in [-0.2, -0.15) is 13.9 Å². The summed E-state index contributed by atoms with van der Waals surface area (Å²) in [5, 5.41) is 9.88. The van der Waals surface area contributed by atoms with Gasteiger partial charge < -0.3 is 15.4 Å². The first-order chi connectivity index (χ1) is 14.6. The Morgan fingerprint density at radius 2 is 2.23 bits per heavy atom. The standard InChI is InChI=1S/C20H20F2N6O2/c21-19(22)30-15-6-7-16-13(9-15)3-1-5-17(16)27-20(29)25-10-14-4-2-8-24-18(14)28-12-23-11-26-28/h2,4,6-9,11-12,17,19H,1,3,5,10H2,(H2,25,27,29). The lowest BCUT2D eigenvalue weighted by molar-refractivity contribution is -0.0499. The number of nitrogens with one attached hydrogen (secondary N) is 2. The molecule has 1 aliphatic rings. The average Bonchev–Trinajstić information content (AvgIpc) is 3.27. The second-order valence-corrected chi connectivity index (χ2v) is 6.84. The van der Waals surface area contributed by atoms with Crippen molar-refractivity contribution in [3.8, 4) is 11.6 Å². The number of benzene rings is 1. The van der Waals surface area contributed by atoms with E-state index in [9.17, 15) is 13.6 Å². The largest absolute Gasteiger partial charge is 0.435 e. The van der Waals surface area contributed by atoms with Gasteiger partial charge in [-0.05, 0) is 48.6 Å². The molecule has 10 heteroatoms. The van der Waals surface area contributed by atoms with Gasteiger partial charge in [0.15, 0.2) is 5.82 Å². The first-order valence-corrected chi connectivity index (χ1v) is 9.51. The van der Waals surface area contributed by atoms with Crippen molar-refractivity contribution in [2.24, 2.45) is 0 Å². The molecule has 8 nitrogen and oxygen atoms in total. The molecule has 0 fully saturated rings. The minimum absolute atomic E-state index is 0.131. The zero-order valence-electron chi connectivity index (χ0n) is 16.0. The molecule has 30 heavy (non-hydrogen) atoms. The van der Waals surface area contributed by atoms with Crippen LogP contribution in [-0.2, 0) is 13.0 Å². The van der Waals surface area contributed by atoms with Crippen LogP contribution in [0, 0.1) is 0 Å². The highest BCUT2D eigenvalue weighted by Crippen LogP contribution is 2.32. The van der Waals surface area contributed by atoms with E-state index in [1.165, 1.54) is 23.4 Å². The first-order valence-electron chi connectivity index (χ1n) is 9.51. The number of halogens is 2. The molecule has 2 aromatic heterocycles. The molecule has 1 atom stereocenters. The minimum atomic E-state index is -2.86. The van der Waals surface area contributed by atoms with Gasteiger partial charge in [-0.3, -0.25) is 0 Å². The van der Waals surface area contributed by atoms with Crippen molar-refractivity contribution in [1.82, 2.24) is 30.4 Å². The van der Waals surface area contributed by atoms with Crippen LogP contribution >= 0.6 is 0 Å². The molecule has 0 saturated carbocycles. The number of amides is 2. The average molecular weight is 414 g/mol. The fourth-order valence-electron chi connectivity index (χ4n) is 3.59. The number of carbonyl (C=O) groups is 1. The molecule has 0 saturated heterocycles. The maximum atomic E-state index is 12.5. The first kappa shape index (κ1) is 19.7. The molecule has 4 rings (SSSR count). The summed E-state index contributed by atoms with van der Waals surface area (Å²) in [6, 6.07) is 7.97. The van der Waals surface area contributed by atoms with Crippen LogP contribution in [-0.4, -0.2) is 32.4 Å². The monoisotopic (exact) mass is 414 g/mol. The molecule has 1 aromatic carbocycles. The molecule has 0 radical (unpaired) electrons. The van der Waals surface area contributed by atoms with Gasteiger partial charge in [0.1, 0.15) is 18.4 Å². The smallest absolute Gasteiger partial charge is 0.387 e. The lowest BCUT2D eigenvalue weighted by Crippen LogP contribution is -2.39. The molecular weight excluding hydrogens is 394 g/mol. The van der Waals surface area contributed by atoms with E-state index >= 15 is 0 Å². The summed E-state index contributed by atoms with van der Waals surface area (Å²) >= 11 is 0. The third-order valence-electron chi connectivity index (χ3n) is 4.90. The van der Waals surface area contributed by atoms with Crippen LogP contribution in [0.2, 0.25) is 0 Å². The van der Waals surface area contributed by atoms with Crippen LogP contribution in [0.15, 0.2) is 49.2 Å². The number of nitrogens with zero attached hydrogens (tertiary/aromatic N) is 4. The number of carbonyl (C=O) groups excluding carboxylic acids is 1. The van der Waals surface area contributed by atoms with Crippen LogP contribution in [0.3, 0.4) is 0 Å². The summed E-state index contributed by atoms with van der Waals surface area (Å²) in [4.78, 5) is 20.7. The Hall–Kier alpha value is -3.56. The van der Waals surface area contributed by atoms with Crippen LogP contribution in [0.25, 0.3) is 5.82 Å². The summed E-state index contributed by atoms with van der Waals surface area (Å²) in [5.41, 5.74) is 2.61. The van der Waals surface area contributed by atoms with Gasteiger partial charge in [0.25, 0.3) is 0 Å². The van der Waals surface area contributed by atoms with Gasteiger partial charge in [-0.25, -0.2) is 19.4 Å². The topological polar surface area (TPSA) is 94.0 Å². The van der Waals surface area contributed by atoms with Crippen LogP contribution in [0.4, 0.5) is 13.6 Å². The highest BCUT2D eigenvalue weighted by Gasteiger charge is 2.23. The lowest BCUT2D eigenvalue weighted by atomic mass is 9.87. The van der Waals surface area contributed by atoms with Crippen molar-refractivity contribution >= 4 is 6.03 Å². The van der Waals surface area contributed by atoms with E-state index in [1.807, 2.05) is 6.07 Å². The summed E-state index contributed by atoms with van der Waals surface area (Å²) < 4.78 is 30.9. The van der Waals surface area contributed by atoms with E-state index in [-0.39, 0.29) is 24.4 Å². The fourth-order valence-corrected chi connectivity index (χ4v) is 3.59. The van der Waals surface area contributed by atoms with Gasteiger partial charge in [0.2, 0.25) is 0 Å². The number of fused-ring (bicyclic) bond motifs is 1. The third-order valence-corrected chi connectivity index (χ3v) is 4.90. The van der Waals surface area contributed by atoms with E-state index in [0.29, 0.717) is 5.82 Å². The van der Waals surface area contributed by atoms with Crippen molar-refractivity contribution in [1.29, 1.82) is 0 Å². The molecule has 156 valence electrons. The van der Waals surface area contributed by atoms with Crippen LogP contribution in [0.5, 0.6) is 5.75 Å². The molecule has 1 unspecified atom stereocenters. The van der Waals surface area contributed by atoms with E-state index in [4.69, 9.17) is 0 Å². The quantitative estimate of drug-likeness (QED) is 0.646. The summed E-state index contributed by atoms with van der Waals surface area (Å²) in [7, 11) is 0. The van der Waals surface area contributed by atoms with Gasteiger partial charge in [-0.15, -0.1) is 0 Å². The maximum absolute atomic E-state index is 12.5. The minimum Gasteiger partial charge on any atom is -0.435 e. The number of pyridine rings is 1. The van der Waals surface area contributed by atoms with Crippen molar-refractivity contribution in [3.63, 3.8) is 0 Å². The number of urea groups is 1. The third kappa shape index (κ3) is 4.53. The van der Waals surface area contributed by atoms with Crippen LogP contribution < -0.4 is 15.4 Å². The molecule has 2 amide bonds. The second kappa shape index (κ2) is 8.85. The zero-order chi connectivity index (χ0) is 20.9. The fraction of sp³-hybridized carbons (Fsp3) is 0.300. The Morgan fingerprint density at radius 1 is 1.33 bits per heavy atom. The number of hydrogen-bond acceptors (Lipinski definition) is 5. The second-order valence-electron chi connectivity index (χ2n) is 6.84. The number of rotatable bonds is 6. The predicted molar refractivity (Wildman–Crippen MR) is 103 cm³/mol. The normalized spacial score (nSPS) is 15.5. The molecular formula is C20H20F2N6O2. The molecule has 0 aliphatic heterocycles. The Morgan fingerprint density at radius 3 is 3.03 bits per heavy atom. The molecule has 2 N–H and O–H groups in total. The van der Waals surface area contributed by atoms with Crippen molar-refractivity contribution in [2.45, 2.75) is 38.5 Å². The van der Waals surface area contributed by atoms with Gasteiger partial charge in [0.05, 0.1) is 6.04 Å². The van der Waals surface area contributed by atoms with E-state index < -0.39 is 6.61 Å². The molecule has 1 aliphatic carbocycles. The summed E-state index contributed by atoms with van der Waals surface area (Å²) in [6.07, 6.45) is 6.97. The predicted octanol–water partition coefficient (Wildman–Crippen LogP) is 3.14. The van der Waals surface area contributed by atoms with Crippen molar-refractivity contribution in [2.75, 3.05) is 0 Å². The number of ether oxygens (including phenoxy) is 1. The lowest BCUT2D eigenvalue weighted by Gasteiger charge is -2.27. The molecule has 2 heterocycles. The number of aromatic nitrogens is 4. The number of hydrogen-bond donors (Lipinski definition) is 2. The van der Waals surface area contributed by atoms with E-state index in [1.54, 1.807) is 24.4 Å².